The van der Waals surface area contributed by atoms with Crippen molar-refractivity contribution in [2.45, 2.75) is 32.2 Å². The van der Waals surface area contributed by atoms with E-state index in [-0.39, 0.29) is 0 Å². The first kappa shape index (κ1) is 11.1. The molecule has 0 saturated heterocycles. The molecular weight excluding hydrogens is 163 g/mol. The lowest BCUT2D eigenvalue weighted by Gasteiger charge is -2.32. The lowest BCUT2D eigenvalue weighted by atomic mass is 9.66. The third-order valence-electron chi connectivity index (χ3n) is 3.91. The van der Waals surface area contributed by atoms with Crippen LogP contribution in [0, 0.1) is 11.3 Å². The molecule has 0 spiro atoms. The summed E-state index contributed by atoms with van der Waals surface area (Å²) >= 11 is 0. The van der Waals surface area contributed by atoms with Crippen LogP contribution in [0.5, 0.6) is 0 Å². The molecule has 3 heteroatoms. The van der Waals surface area contributed by atoms with E-state index in [4.69, 9.17) is 9.47 Å². The van der Waals surface area contributed by atoms with Gasteiger partial charge in [-0.3, -0.25) is 0 Å². The van der Waals surface area contributed by atoms with E-state index in [0.29, 0.717) is 17.4 Å². The van der Waals surface area contributed by atoms with Crippen LogP contribution in [-0.4, -0.2) is 34.8 Å². The minimum absolute atomic E-state index is 0.344. The van der Waals surface area contributed by atoms with E-state index in [1.807, 2.05) is 0 Å². The minimum atomic E-state index is 0.344. The molecule has 0 aromatic rings. The molecule has 3 unspecified atom stereocenters. The third-order valence-corrected chi connectivity index (χ3v) is 3.91. The molecule has 1 aliphatic rings. The Morgan fingerprint density at radius 3 is 2.46 bits per heavy atom. The fraction of sp³-hybridized carbons (Fsp3) is 1.00. The van der Waals surface area contributed by atoms with Gasteiger partial charge in [-0.1, -0.05) is 19.7 Å². The maximum atomic E-state index is 5.50. The Bertz CT molecular complexity index is 170. The molecule has 76 valence electrons. The number of ether oxygens (including phenoxy) is 2. The van der Waals surface area contributed by atoms with Crippen molar-refractivity contribution >= 4 is 7.85 Å². The summed E-state index contributed by atoms with van der Waals surface area (Å²) in [6, 6.07) is 0. The van der Waals surface area contributed by atoms with Crippen molar-refractivity contribution < 1.29 is 9.47 Å². The van der Waals surface area contributed by atoms with Gasteiger partial charge in [-0.15, -0.1) is 0 Å². The van der Waals surface area contributed by atoms with Crippen LogP contribution in [0.2, 0.25) is 5.82 Å². The maximum absolute atomic E-state index is 5.50. The van der Waals surface area contributed by atoms with Crippen molar-refractivity contribution in [1.82, 2.24) is 0 Å². The Morgan fingerprint density at radius 2 is 2.00 bits per heavy atom. The summed E-state index contributed by atoms with van der Waals surface area (Å²) in [4.78, 5) is 0. The van der Waals surface area contributed by atoms with Gasteiger partial charge in [0.2, 0.25) is 0 Å². The average molecular weight is 184 g/mol. The van der Waals surface area contributed by atoms with Gasteiger partial charge in [0, 0.05) is 20.1 Å². The summed E-state index contributed by atoms with van der Waals surface area (Å²) in [6.07, 6.45) is 1.54. The zero-order chi connectivity index (χ0) is 10.1. The summed E-state index contributed by atoms with van der Waals surface area (Å²) < 4.78 is 10.8. The summed E-state index contributed by atoms with van der Waals surface area (Å²) in [5.74, 6) is 1.26. The van der Waals surface area contributed by atoms with Crippen LogP contribution in [0.15, 0.2) is 0 Å². The third kappa shape index (κ3) is 1.91. The Labute approximate surface area is 82.4 Å². The van der Waals surface area contributed by atoms with Crippen LogP contribution in [0.1, 0.15) is 20.3 Å². The van der Waals surface area contributed by atoms with Gasteiger partial charge in [0.1, 0.15) is 7.85 Å². The van der Waals surface area contributed by atoms with E-state index in [1.54, 1.807) is 14.2 Å². The van der Waals surface area contributed by atoms with E-state index in [1.165, 1.54) is 0 Å². The largest absolute Gasteiger partial charge is 0.384 e. The number of hydrogen-bond acceptors (Lipinski definition) is 2. The predicted octanol–water partition coefficient (Wildman–Crippen LogP) is 1.12. The highest BCUT2D eigenvalue weighted by Crippen LogP contribution is 2.50. The summed E-state index contributed by atoms with van der Waals surface area (Å²) in [5, 5.41) is 0. The molecule has 0 bridgehead atoms. The first-order chi connectivity index (χ1) is 6.04. The first-order valence-electron chi connectivity index (χ1n) is 5.05. The molecule has 1 saturated carbocycles. The van der Waals surface area contributed by atoms with Crippen molar-refractivity contribution in [1.29, 1.82) is 0 Å². The zero-order valence-electron chi connectivity index (χ0n) is 9.46. The zero-order valence-corrected chi connectivity index (χ0v) is 9.46. The molecule has 1 aliphatic carbocycles. The lowest BCUT2D eigenvalue weighted by Crippen LogP contribution is -2.31. The highest BCUT2D eigenvalue weighted by Gasteiger charge is 2.46. The van der Waals surface area contributed by atoms with Crippen molar-refractivity contribution in [3.05, 3.63) is 0 Å². The van der Waals surface area contributed by atoms with Crippen LogP contribution in [-0.2, 0) is 9.47 Å². The fourth-order valence-corrected chi connectivity index (χ4v) is 2.42. The highest BCUT2D eigenvalue weighted by atomic mass is 16.5. The molecular formula is C10H21BO2. The van der Waals surface area contributed by atoms with Gasteiger partial charge in [0.15, 0.2) is 0 Å². The summed E-state index contributed by atoms with van der Waals surface area (Å²) in [5.41, 5.74) is 0.344. The molecule has 2 nitrogen and oxygen atoms in total. The Hall–Kier alpha value is -0.0151. The summed E-state index contributed by atoms with van der Waals surface area (Å²) in [7, 11) is 5.88. The van der Waals surface area contributed by atoms with Crippen molar-refractivity contribution in [3.63, 3.8) is 0 Å². The van der Waals surface area contributed by atoms with Crippen LogP contribution in [0.3, 0.4) is 0 Å². The van der Waals surface area contributed by atoms with Gasteiger partial charge in [-0.25, -0.2) is 0 Å². The normalized spacial score (nSPS) is 38.0. The molecule has 0 aromatic carbocycles. The molecule has 13 heavy (non-hydrogen) atoms. The minimum Gasteiger partial charge on any atom is -0.384 e. The van der Waals surface area contributed by atoms with E-state index >= 15 is 0 Å². The fourth-order valence-electron chi connectivity index (χ4n) is 2.42. The predicted molar refractivity (Wildman–Crippen MR) is 56.9 cm³/mol. The lowest BCUT2D eigenvalue weighted by molar-refractivity contribution is 0.00198. The molecule has 0 aromatic heterocycles. The number of hydrogen-bond donors (Lipinski definition) is 0. The average Bonchev–Trinajstić information content (AvgIpc) is 2.29. The number of methoxy groups -OCH3 is 2. The van der Waals surface area contributed by atoms with Crippen LogP contribution in [0.4, 0.5) is 0 Å². The Balaban J connectivity index is 2.72. The maximum Gasteiger partial charge on any atom is 0.106 e. The Morgan fingerprint density at radius 1 is 1.38 bits per heavy atom. The SMILES string of the molecule is BC1CC(OC)C(COC)C1(C)C. The Kier molecular flexibility index (Phi) is 3.41. The van der Waals surface area contributed by atoms with Crippen LogP contribution in [0.25, 0.3) is 0 Å². The van der Waals surface area contributed by atoms with Crippen molar-refractivity contribution in [2.24, 2.45) is 11.3 Å². The molecule has 0 radical (unpaired) electrons. The molecule has 0 heterocycles. The van der Waals surface area contributed by atoms with Gasteiger partial charge < -0.3 is 9.47 Å². The van der Waals surface area contributed by atoms with Gasteiger partial charge in [-0.2, -0.15) is 0 Å². The molecule has 3 atom stereocenters. The van der Waals surface area contributed by atoms with E-state index in [2.05, 4.69) is 21.7 Å². The highest BCUT2D eigenvalue weighted by molar-refractivity contribution is 6.12. The molecule has 0 aliphatic heterocycles. The topological polar surface area (TPSA) is 18.5 Å². The van der Waals surface area contributed by atoms with Crippen LogP contribution >= 0.6 is 0 Å². The molecule has 1 fully saturated rings. The van der Waals surface area contributed by atoms with E-state index in [0.717, 1.165) is 18.8 Å². The molecule has 1 rings (SSSR count). The van der Waals surface area contributed by atoms with Gasteiger partial charge in [0.25, 0.3) is 0 Å². The monoisotopic (exact) mass is 184 g/mol. The van der Waals surface area contributed by atoms with E-state index < -0.39 is 0 Å². The second-order valence-corrected chi connectivity index (χ2v) is 4.79. The van der Waals surface area contributed by atoms with Gasteiger partial charge in [-0.05, 0) is 11.8 Å². The van der Waals surface area contributed by atoms with Gasteiger partial charge in [0.05, 0.1) is 12.7 Å². The quantitative estimate of drug-likeness (QED) is 0.612. The van der Waals surface area contributed by atoms with E-state index in [9.17, 15) is 0 Å². The van der Waals surface area contributed by atoms with Gasteiger partial charge >= 0.3 is 0 Å². The molecule has 0 N–H and O–H groups in total. The smallest absolute Gasteiger partial charge is 0.106 e. The molecule has 0 amide bonds. The van der Waals surface area contributed by atoms with Crippen LogP contribution < -0.4 is 0 Å². The van der Waals surface area contributed by atoms with Crippen molar-refractivity contribution in [3.8, 4) is 0 Å². The second-order valence-electron chi connectivity index (χ2n) is 4.79. The van der Waals surface area contributed by atoms with Crippen molar-refractivity contribution in [2.75, 3.05) is 20.8 Å². The first-order valence-corrected chi connectivity index (χ1v) is 5.05. The standard InChI is InChI=1S/C10H21BO2/c1-10(2)7(6-12-3)8(13-4)5-9(10)11/h7-9H,5-6,11H2,1-4H3. The number of rotatable bonds is 3. The second kappa shape index (κ2) is 4.01. The summed E-state index contributed by atoms with van der Waals surface area (Å²) in [6.45, 7) is 5.45.